The number of hydrogen-bond acceptors (Lipinski definition) is 3. The lowest BCUT2D eigenvalue weighted by Gasteiger charge is -2.32. The first-order valence-electron chi connectivity index (χ1n) is 8.24. The minimum absolute atomic E-state index is 0.0677. The van der Waals surface area contributed by atoms with E-state index in [9.17, 15) is 4.79 Å². The van der Waals surface area contributed by atoms with Crippen molar-refractivity contribution in [2.75, 3.05) is 18.8 Å². The SMILES string of the molecule is Cc1ccc(N)cc1C(=O)N1CCC(c2ccc(C#N)cc2)CC1. The maximum Gasteiger partial charge on any atom is 0.254 e. The molecular weight excluding hydrogens is 298 g/mol. The van der Waals surface area contributed by atoms with Gasteiger partial charge in [-0.1, -0.05) is 18.2 Å². The van der Waals surface area contributed by atoms with Crippen molar-refractivity contribution in [3.63, 3.8) is 0 Å². The third-order valence-corrected chi connectivity index (χ3v) is 4.79. The third kappa shape index (κ3) is 3.26. The zero-order chi connectivity index (χ0) is 17.1. The van der Waals surface area contributed by atoms with Crippen LogP contribution in [0.1, 0.15) is 45.8 Å². The van der Waals surface area contributed by atoms with Gasteiger partial charge in [0.05, 0.1) is 11.6 Å². The van der Waals surface area contributed by atoms with Crippen LogP contribution in [0.5, 0.6) is 0 Å². The molecule has 1 aliphatic rings. The number of amides is 1. The van der Waals surface area contributed by atoms with E-state index in [0.717, 1.165) is 31.5 Å². The molecule has 0 saturated carbocycles. The molecule has 4 nitrogen and oxygen atoms in total. The Kier molecular flexibility index (Phi) is 4.52. The highest BCUT2D eigenvalue weighted by atomic mass is 16.2. The molecule has 0 atom stereocenters. The molecule has 24 heavy (non-hydrogen) atoms. The van der Waals surface area contributed by atoms with Crippen LogP contribution in [0.3, 0.4) is 0 Å². The smallest absolute Gasteiger partial charge is 0.254 e. The van der Waals surface area contributed by atoms with E-state index in [2.05, 4.69) is 6.07 Å². The molecule has 2 aromatic rings. The van der Waals surface area contributed by atoms with Gasteiger partial charge in [-0.2, -0.15) is 5.26 Å². The maximum absolute atomic E-state index is 12.7. The van der Waals surface area contributed by atoms with Crippen LogP contribution in [0.2, 0.25) is 0 Å². The van der Waals surface area contributed by atoms with Crippen LogP contribution in [0.25, 0.3) is 0 Å². The Morgan fingerprint density at radius 1 is 1.17 bits per heavy atom. The number of carbonyl (C=O) groups is 1. The maximum atomic E-state index is 12.7. The number of piperidine rings is 1. The number of nitrogens with zero attached hydrogens (tertiary/aromatic N) is 2. The predicted molar refractivity (Wildman–Crippen MR) is 94.6 cm³/mol. The zero-order valence-electron chi connectivity index (χ0n) is 13.8. The van der Waals surface area contributed by atoms with Crippen LogP contribution in [0.4, 0.5) is 5.69 Å². The number of carbonyl (C=O) groups excluding carboxylic acids is 1. The summed E-state index contributed by atoms with van der Waals surface area (Å²) in [7, 11) is 0. The quantitative estimate of drug-likeness (QED) is 0.862. The lowest BCUT2D eigenvalue weighted by atomic mass is 9.88. The minimum Gasteiger partial charge on any atom is -0.399 e. The third-order valence-electron chi connectivity index (χ3n) is 4.79. The number of anilines is 1. The molecule has 2 aromatic carbocycles. The lowest BCUT2D eigenvalue weighted by Crippen LogP contribution is -2.38. The molecule has 0 aromatic heterocycles. The Morgan fingerprint density at radius 2 is 1.83 bits per heavy atom. The Labute approximate surface area is 142 Å². The fourth-order valence-electron chi connectivity index (χ4n) is 3.29. The number of benzene rings is 2. The fourth-order valence-corrected chi connectivity index (χ4v) is 3.29. The van der Waals surface area contributed by atoms with Crippen LogP contribution in [-0.4, -0.2) is 23.9 Å². The molecule has 122 valence electrons. The second kappa shape index (κ2) is 6.76. The van der Waals surface area contributed by atoms with Gasteiger partial charge in [-0.25, -0.2) is 0 Å². The zero-order valence-corrected chi connectivity index (χ0v) is 13.8. The summed E-state index contributed by atoms with van der Waals surface area (Å²) in [4.78, 5) is 14.7. The molecule has 2 N–H and O–H groups in total. The topological polar surface area (TPSA) is 70.1 Å². The Morgan fingerprint density at radius 3 is 2.46 bits per heavy atom. The Balaban J connectivity index is 1.67. The van der Waals surface area contributed by atoms with Crippen LogP contribution in [-0.2, 0) is 0 Å². The second-order valence-corrected chi connectivity index (χ2v) is 6.37. The molecule has 4 heteroatoms. The van der Waals surface area contributed by atoms with Crippen molar-refractivity contribution in [3.8, 4) is 6.07 Å². The van der Waals surface area contributed by atoms with Gasteiger partial charge in [-0.15, -0.1) is 0 Å². The van der Waals surface area contributed by atoms with Gasteiger partial charge >= 0.3 is 0 Å². The van der Waals surface area contributed by atoms with Gasteiger partial charge in [0.2, 0.25) is 0 Å². The van der Waals surface area contributed by atoms with Crippen molar-refractivity contribution in [1.29, 1.82) is 5.26 Å². The molecule has 1 heterocycles. The van der Waals surface area contributed by atoms with E-state index < -0.39 is 0 Å². The number of nitrogens with two attached hydrogens (primary N) is 1. The molecule has 0 spiro atoms. The lowest BCUT2D eigenvalue weighted by molar-refractivity contribution is 0.0712. The van der Waals surface area contributed by atoms with Crippen LogP contribution in [0, 0.1) is 18.3 Å². The summed E-state index contributed by atoms with van der Waals surface area (Å²) in [5.41, 5.74) is 10.0. The Bertz CT molecular complexity index is 782. The molecule has 1 fully saturated rings. The van der Waals surface area contributed by atoms with Gasteiger partial charge in [0.15, 0.2) is 0 Å². The van der Waals surface area contributed by atoms with Gasteiger partial charge in [0.1, 0.15) is 0 Å². The largest absolute Gasteiger partial charge is 0.399 e. The summed E-state index contributed by atoms with van der Waals surface area (Å²) in [5.74, 6) is 0.516. The number of aryl methyl sites for hydroxylation is 1. The molecule has 1 amide bonds. The second-order valence-electron chi connectivity index (χ2n) is 6.37. The number of nitrogen functional groups attached to an aromatic ring is 1. The highest BCUT2D eigenvalue weighted by Crippen LogP contribution is 2.29. The highest BCUT2D eigenvalue weighted by Gasteiger charge is 2.25. The van der Waals surface area contributed by atoms with E-state index in [1.807, 2.05) is 48.2 Å². The summed E-state index contributed by atoms with van der Waals surface area (Å²) in [6.45, 7) is 3.44. The minimum atomic E-state index is 0.0677. The molecule has 3 rings (SSSR count). The van der Waals surface area contributed by atoms with Gasteiger partial charge in [-0.3, -0.25) is 4.79 Å². The van der Waals surface area contributed by atoms with E-state index in [1.165, 1.54) is 5.56 Å². The molecule has 0 bridgehead atoms. The molecular formula is C20H21N3O. The monoisotopic (exact) mass is 319 g/mol. The number of likely N-dealkylation sites (tertiary alicyclic amines) is 1. The molecule has 0 radical (unpaired) electrons. The first-order chi connectivity index (χ1) is 11.6. The van der Waals surface area contributed by atoms with Crippen molar-refractivity contribution in [2.45, 2.75) is 25.7 Å². The van der Waals surface area contributed by atoms with Gasteiger partial charge in [0, 0.05) is 24.3 Å². The Hall–Kier alpha value is -2.80. The van der Waals surface area contributed by atoms with Gasteiger partial charge in [0.25, 0.3) is 5.91 Å². The standard InChI is InChI=1S/C20H21N3O/c1-14-2-7-18(22)12-19(14)20(24)23-10-8-17(9-11-23)16-5-3-15(13-21)4-6-16/h2-7,12,17H,8-11,22H2,1H3. The van der Waals surface area contributed by atoms with Gasteiger partial charge < -0.3 is 10.6 Å². The van der Waals surface area contributed by atoms with E-state index in [-0.39, 0.29) is 5.91 Å². The predicted octanol–water partition coefficient (Wildman–Crippen LogP) is 3.47. The van der Waals surface area contributed by atoms with Gasteiger partial charge in [-0.05, 0) is 61.1 Å². The fraction of sp³-hybridized carbons (Fsp3) is 0.300. The number of rotatable bonds is 2. The normalized spacial score (nSPS) is 15.1. The average Bonchev–Trinajstić information content (AvgIpc) is 2.63. The summed E-state index contributed by atoms with van der Waals surface area (Å²) in [5, 5.41) is 8.88. The molecule has 0 aliphatic carbocycles. The molecule has 0 unspecified atom stereocenters. The van der Waals surface area contributed by atoms with E-state index in [0.29, 0.717) is 22.7 Å². The first kappa shape index (κ1) is 16.1. The molecule has 1 saturated heterocycles. The van der Waals surface area contributed by atoms with E-state index in [1.54, 1.807) is 6.07 Å². The summed E-state index contributed by atoms with van der Waals surface area (Å²) < 4.78 is 0. The van der Waals surface area contributed by atoms with Crippen molar-refractivity contribution in [2.24, 2.45) is 0 Å². The molecule has 1 aliphatic heterocycles. The van der Waals surface area contributed by atoms with Crippen LogP contribution in [0.15, 0.2) is 42.5 Å². The van der Waals surface area contributed by atoms with Crippen molar-refractivity contribution >= 4 is 11.6 Å². The van der Waals surface area contributed by atoms with Crippen LogP contribution >= 0.6 is 0 Å². The number of nitriles is 1. The summed E-state index contributed by atoms with van der Waals surface area (Å²) in [6.07, 6.45) is 1.89. The average molecular weight is 319 g/mol. The summed E-state index contributed by atoms with van der Waals surface area (Å²) >= 11 is 0. The van der Waals surface area contributed by atoms with E-state index >= 15 is 0 Å². The van der Waals surface area contributed by atoms with Crippen molar-refractivity contribution < 1.29 is 4.79 Å². The van der Waals surface area contributed by atoms with Crippen molar-refractivity contribution in [1.82, 2.24) is 4.90 Å². The van der Waals surface area contributed by atoms with E-state index in [4.69, 9.17) is 11.0 Å². The number of hydrogen-bond donors (Lipinski definition) is 1. The van der Waals surface area contributed by atoms with Crippen molar-refractivity contribution in [3.05, 3.63) is 64.7 Å². The first-order valence-corrected chi connectivity index (χ1v) is 8.24. The van der Waals surface area contributed by atoms with Crippen LogP contribution < -0.4 is 5.73 Å². The highest BCUT2D eigenvalue weighted by molar-refractivity contribution is 5.96. The summed E-state index contributed by atoms with van der Waals surface area (Å²) in [6, 6.07) is 15.4.